The summed E-state index contributed by atoms with van der Waals surface area (Å²) >= 11 is 0. The zero-order chi connectivity index (χ0) is 13.0. The Morgan fingerprint density at radius 3 is 3.17 bits per heavy atom. The van der Waals surface area contributed by atoms with Crippen molar-refractivity contribution in [1.82, 2.24) is 10.2 Å². The van der Waals surface area contributed by atoms with Crippen molar-refractivity contribution in [3.05, 3.63) is 23.2 Å². The van der Waals surface area contributed by atoms with Gasteiger partial charge in [-0.3, -0.25) is 9.59 Å². The number of aliphatic imine (C=N–C) groups is 1. The molecular weight excluding hydrogens is 230 g/mol. The maximum absolute atomic E-state index is 11.3. The maximum Gasteiger partial charge on any atom is 0.214 e. The van der Waals surface area contributed by atoms with Gasteiger partial charge in [0, 0.05) is 6.54 Å². The van der Waals surface area contributed by atoms with Crippen molar-refractivity contribution in [2.45, 2.75) is 26.2 Å². The predicted molar refractivity (Wildman–Crippen MR) is 68.9 cm³/mol. The van der Waals surface area contributed by atoms with E-state index in [-0.39, 0.29) is 6.54 Å². The van der Waals surface area contributed by atoms with Crippen LogP contribution in [-0.2, 0) is 9.59 Å². The molecule has 0 aliphatic carbocycles. The van der Waals surface area contributed by atoms with Crippen molar-refractivity contribution in [2.24, 2.45) is 4.99 Å². The molecule has 0 amide bonds. The first-order valence-electron chi connectivity index (χ1n) is 6.22. The number of nitrogens with one attached hydrogen (secondary N) is 1. The molecule has 0 aromatic carbocycles. The molecule has 2 heterocycles. The Balaban J connectivity index is 2.26. The normalized spacial score (nSPS) is 20.7. The van der Waals surface area contributed by atoms with E-state index in [1.165, 1.54) is 0 Å². The van der Waals surface area contributed by atoms with E-state index in [9.17, 15) is 9.59 Å². The van der Waals surface area contributed by atoms with Crippen LogP contribution in [0.25, 0.3) is 0 Å². The number of allylic oxidation sites excluding steroid dienone is 2. The zero-order valence-corrected chi connectivity index (χ0v) is 10.5. The third-order valence-electron chi connectivity index (χ3n) is 2.95. The molecule has 0 saturated carbocycles. The second-order valence-corrected chi connectivity index (χ2v) is 4.31. The van der Waals surface area contributed by atoms with Gasteiger partial charge < -0.3 is 10.2 Å². The highest BCUT2D eigenvalue weighted by Gasteiger charge is 2.24. The molecule has 1 N–H and O–H groups in total. The van der Waals surface area contributed by atoms with Gasteiger partial charge in [0.25, 0.3) is 0 Å². The maximum atomic E-state index is 11.3. The van der Waals surface area contributed by atoms with Gasteiger partial charge in [-0.2, -0.15) is 0 Å². The molecule has 0 atom stereocenters. The third-order valence-corrected chi connectivity index (χ3v) is 2.95. The van der Waals surface area contributed by atoms with Crippen LogP contribution in [0.15, 0.2) is 28.2 Å². The van der Waals surface area contributed by atoms with Crippen LogP contribution in [0.3, 0.4) is 0 Å². The first kappa shape index (κ1) is 12.5. The number of rotatable bonds is 4. The minimum atomic E-state index is -0.441. The molecule has 0 bridgehead atoms. The summed E-state index contributed by atoms with van der Waals surface area (Å²) < 4.78 is 0. The van der Waals surface area contributed by atoms with Crippen LogP contribution < -0.4 is 5.32 Å². The van der Waals surface area contributed by atoms with E-state index in [4.69, 9.17) is 0 Å². The molecular formula is C13H17N3O2. The number of hydrogen-bond donors (Lipinski definition) is 1. The minimum absolute atomic E-state index is 0.0529. The van der Waals surface area contributed by atoms with Crippen molar-refractivity contribution in [2.75, 3.05) is 13.1 Å². The Bertz CT molecular complexity index is 449. The number of ketones is 1. The Hall–Kier alpha value is -1.91. The van der Waals surface area contributed by atoms with E-state index in [1.54, 1.807) is 11.2 Å². The lowest BCUT2D eigenvalue weighted by Gasteiger charge is -2.31. The van der Waals surface area contributed by atoms with Gasteiger partial charge >= 0.3 is 0 Å². The van der Waals surface area contributed by atoms with Crippen molar-refractivity contribution < 1.29 is 9.59 Å². The van der Waals surface area contributed by atoms with Crippen LogP contribution in [0.5, 0.6) is 0 Å². The molecule has 5 nitrogen and oxygen atoms in total. The van der Waals surface area contributed by atoms with E-state index in [1.807, 2.05) is 6.92 Å². The fourth-order valence-corrected chi connectivity index (χ4v) is 2.15. The van der Waals surface area contributed by atoms with Crippen LogP contribution >= 0.6 is 0 Å². The summed E-state index contributed by atoms with van der Waals surface area (Å²) in [6, 6.07) is 0. The zero-order valence-electron chi connectivity index (χ0n) is 10.5. The van der Waals surface area contributed by atoms with Crippen molar-refractivity contribution in [1.29, 1.82) is 0 Å². The van der Waals surface area contributed by atoms with Crippen LogP contribution in [0.2, 0.25) is 0 Å². The van der Waals surface area contributed by atoms with E-state index in [0.29, 0.717) is 6.29 Å². The average Bonchev–Trinajstić information content (AvgIpc) is 2.41. The molecule has 0 unspecified atom stereocenters. The molecule has 0 aromatic heterocycles. The SMILES string of the molecule is CC/C=C1/C2=C(CCCN2)N=CN1CC(=O)C=O. The molecule has 0 radical (unpaired) electrons. The molecule has 96 valence electrons. The van der Waals surface area contributed by atoms with Gasteiger partial charge in [0.1, 0.15) is 0 Å². The van der Waals surface area contributed by atoms with Gasteiger partial charge in [-0.05, 0) is 19.3 Å². The first-order chi connectivity index (χ1) is 8.76. The second kappa shape index (κ2) is 5.62. The number of Topliss-reactive ketones (excluding diaryl/α,β-unsaturated/α-hetero) is 1. The molecule has 0 fully saturated rings. The summed E-state index contributed by atoms with van der Waals surface area (Å²) in [4.78, 5) is 27.8. The highest BCUT2D eigenvalue weighted by Crippen LogP contribution is 2.27. The van der Waals surface area contributed by atoms with Gasteiger partial charge in [-0.1, -0.05) is 13.0 Å². The summed E-state index contributed by atoms with van der Waals surface area (Å²) in [6.45, 7) is 3.02. The number of hydrogen-bond acceptors (Lipinski definition) is 5. The van der Waals surface area contributed by atoms with Gasteiger partial charge in [-0.15, -0.1) is 0 Å². The standard InChI is InChI=1S/C13H17N3O2/c1-2-4-12-13-11(5-3-6-14-13)15-9-16(12)7-10(18)8-17/h4,8-9,14H,2-3,5-7H2,1H3/b12-4-. The molecule has 18 heavy (non-hydrogen) atoms. The monoisotopic (exact) mass is 247 g/mol. The molecule has 0 aromatic rings. The first-order valence-corrected chi connectivity index (χ1v) is 6.22. The highest BCUT2D eigenvalue weighted by molar-refractivity contribution is 6.26. The second-order valence-electron chi connectivity index (χ2n) is 4.31. The third kappa shape index (κ3) is 2.50. The summed E-state index contributed by atoms with van der Waals surface area (Å²) in [6.07, 6.45) is 6.95. The fraction of sp³-hybridized carbons (Fsp3) is 0.462. The molecule has 2 aliphatic rings. The lowest BCUT2D eigenvalue weighted by molar-refractivity contribution is -0.129. The van der Waals surface area contributed by atoms with Crippen LogP contribution in [0, 0.1) is 0 Å². The molecule has 2 aliphatic heterocycles. The Labute approximate surface area is 106 Å². The van der Waals surface area contributed by atoms with E-state index in [2.05, 4.69) is 16.4 Å². The predicted octanol–water partition coefficient (Wildman–Crippen LogP) is 0.987. The lowest BCUT2D eigenvalue weighted by Crippen LogP contribution is -2.37. The van der Waals surface area contributed by atoms with Gasteiger partial charge in [0.05, 0.1) is 30.0 Å². The Kier molecular flexibility index (Phi) is 3.92. The number of nitrogens with zero attached hydrogens (tertiary/aromatic N) is 2. The molecule has 5 heteroatoms. The van der Waals surface area contributed by atoms with Crippen LogP contribution in [0.1, 0.15) is 26.2 Å². The Morgan fingerprint density at radius 2 is 2.44 bits per heavy atom. The number of aldehydes is 1. The smallest absolute Gasteiger partial charge is 0.214 e. The molecule has 0 spiro atoms. The fourth-order valence-electron chi connectivity index (χ4n) is 2.15. The summed E-state index contributed by atoms with van der Waals surface area (Å²) in [5, 5.41) is 3.33. The largest absolute Gasteiger partial charge is 0.382 e. The van der Waals surface area contributed by atoms with Crippen molar-refractivity contribution >= 4 is 18.4 Å². The van der Waals surface area contributed by atoms with Gasteiger partial charge in [0.15, 0.2) is 6.29 Å². The molecule has 0 saturated heterocycles. The quantitative estimate of drug-likeness (QED) is 0.594. The van der Waals surface area contributed by atoms with Gasteiger partial charge in [0.2, 0.25) is 5.78 Å². The van der Waals surface area contributed by atoms with Crippen molar-refractivity contribution in [3.63, 3.8) is 0 Å². The van der Waals surface area contributed by atoms with Crippen LogP contribution in [0.4, 0.5) is 0 Å². The van der Waals surface area contributed by atoms with E-state index >= 15 is 0 Å². The van der Waals surface area contributed by atoms with Gasteiger partial charge in [-0.25, -0.2) is 4.99 Å². The average molecular weight is 247 g/mol. The summed E-state index contributed by atoms with van der Waals surface area (Å²) in [7, 11) is 0. The van der Waals surface area contributed by atoms with E-state index < -0.39 is 5.78 Å². The van der Waals surface area contributed by atoms with E-state index in [0.717, 1.165) is 42.9 Å². The highest BCUT2D eigenvalue weighted by atomic mass is 16.2. The van der Waals surface area contributed by atoms with Crippen LogP contribution in [-0.4, -0.2) is 36.4 Å². The summed E-state index contributed by atoms with van der Waals surface area (Å²) in [5.41, 5.74) is 3.00. The molecule has 2 rings (SSSR count). The lowest BCUT2D eigenvalue weighted by atomic mass is 10.1. The number of carbonyl (C=O) groups excluding carboxylic acids is 2. The topological polar surface area (TPSA) is 61.8 Å². The number of carbonyl (C=O) groups is 2. The minimum Gasteiger partial charge on any atom is -0.382 e. The Morgan fingerprint density at radius 1 is 1.61 bits per heavy atom. The summed E-state index contributed by atoms with van der Waals surface area (Å²) in [5.74, 6) is -0.441. The van der Waals surface area contributed by atoms with Crippen molar-refractivity contribution in [3.8, 4) is 0 Å².